The molecule has 0 aliphatic carbocycles. The summed E-state index contributed by atoms with van der Waals surface area (Å²) in [6, 6.07) is 5.86. The van der Waals surface area contributed by atoms with E-state index in [4.69, 9.17) is 9.47 Å². The van der Waals surface area contributed by atoms with E-state index in [2.05, 4.69) is 0 Å². The topological polar surface area (TPSA) is 59.1 Å². The van der Waals surface area contributed by atoms with Gasteiger partial charge in [-0.3, -0.25) is 4.79 Å². The highest BCUT2D eigenvalue weighted by molar-refractivity contribution is 5.81. The van der Waals surface area contributed by atoms with Crippen molar-refractivity contribution in [2.75, 3.05) is 32.8 Å². The number of nitrogens with zero attached hydrogens (tertiary/aromatic N) is 2. The third-order valence-electron chi connectivity index (χ3n) is 4.52. The maximum absolute atomic E-state index is 12.8. The first-order chi connectivity index (χ1) is 12.0. The molecule has 0 bridgehead atoms. The van der Waals surface area contributed by atoms with E-state index in [9.17, 15) is 9.59 Å². The molecule has 2 amide bonds. The predicted molar refractivity (Wildman–Crippen MR) is 95.8 cm³/mol. The first-order valence-corrected chi connectivity index (χ1v) is 8.90. The molecule has 1 unspecified atom stereocenters. The minimum absolute atomic E-state index is 0.0239. The quantitative estimate of drug-likeness (QED) is 0.821. The average molecular weight is 348 g/mol. The van der Waals surface area contributed by atoms with Crippen LogP contribution < -0.4 is 4.74 Å². The van der Waals surface area contributed by atoms with Gasteiger partial charge in [-0.1, -0.05) is 13.0 Å². The summed E-state index contributed by atoms with van der Waals surface area (Å²) in [6.45, 7) is 10.2. The minimum Gasteiger partial charge on any atom is -0.481 e. The molecule has 1 aromatic rings. The summed E-state index contributed by atoms with van der Waals surface area (Å²) >= 11 is 0. The van der Waals surface area contributed by atoms with Crippen molar-refractivity contribution in [3.05, 3.63) is 29.3 Å². The second-order valence-electron chi connectivity index (χ2n) is 6.27. The second-order valence-corrected chi connectivity index (χ2v) is 6.27. The SMILES string of the molecule is CCOC(=O)N1CCN(C(=O)C(CC)Oc2ccc(C)c(C)c2)CC1. The highest BCUT2D eigenvalue weighted by atomic mass is 16.6. The van der Waals surface area contributed by atoms with Crippen LogP contribution in [0, 0.1) is 13.8 Å². The molecule has 1 heterocycles. The van der Waals surface area contributed by atoms with Crippen molar-refractivity contribution in [3.63, 3.8) is 0 Å². The fourth-order valence-corrected chi connectivity index (χ4v) is 2.79. The Kier molecular flexibility index (Phi) is 6.67. The van der Waals surface area contributed by atoms with E-state index < -0.39 is 6.10 Å². The van der Waals surface area contributed by atoms with Gasteiger partial charge in [0.05, 0.1) is 6.61 Å². The van der Waals surface area contributed by atoms with Crippen LogP contribution >= 0.6 is 0 Å². The summed E-state index contributed by atoms with van der Waals surface area (Å²) in [5.41, 5.74) is 2.34. The number of benzene rings is 1. The monoisotopic (exact) mass is 348 g/mol. The van der Waals surface area contributed by atoms with Gasteiger partial charge in [0, 0.05) is 26.2 Å². The van der Waals surface area contributed by atoms with Crippen molar-refractivity contribution in [2.45, 2.75) is 40.2 Å². The number of carbonyl (C=O) groups excluding carboxylic acids is 2. The number of piperazine rings is 1. The summed E-state index contributed by atoms with van der Waals surface area (Å²) in [5.74, 6) is 0.692. The number of hydrogen-bond donors (Lipinski definition) is 0. The van der Waals surface area contributed by atoms with E-state index in [1.165, 1.54) is 5.56 Å². The van der Waals surface area contributed by atoms with Gasteiger partial charge in [0.2, 0.25) is 0 Å². The van der Waals surface area contributed by atoms with E-state index in [0.717, 1.165) is 5.56 Å². The van der Waals surface area contributed by atoms with Crippen molar-refractivity contribution in [1.82, 2.24) is 9.80 Å². The number of amides is 2. The lowest BCUT2D eigenvalue weighted by Crippen LogP contribution is -2.53. The van der Waals surface area contributed by atoms with Crippen LogP contribution in [0.4, 0.5) is 4.79 Å². The van der Waals surface area contributed by atoms with Gasteiger partial charge in [-0.25, -0.2) is 4.79 Å². The van der Waals surface area contributed by atoms with E-state index in [0.29, 0.717) is 45.0 Å². The van der Waals surface area contributed by atoms with Crippen LogP contribution in [0.25, 0.3) is 0 Å². The van der Waals surface area contributed by atoms with Crippen LogP contribution in [0.1, 0.15) is 31.4 Å². The summed E-state index contributed by atoms with van der Waals surface area (Å²) < 4.78 is 10.9. The fraction of sp³-hybridized carbons (Fsp3) is 0.579. The van der Waals surface area contributed by atoms with Gasteiger partial charge in [-0.15, -0.1) is 0 Å². The number of aryl methyl sites for hydroxylation is 2. The molecule has 25 heavy (non-hydrogen) atoms. The highest BCUT2D eigenvalue weighted by Gasteiger charge is 2.29. The van der Waals surface area contributed by atoms with Crippen molar-refractivity contribution < 1.29 is 19.1 Å². The van der Waals surface area contributed by atoms with Crippen LogP contribution in [-0.4, -0.2) is 60.7 Å². The Bertz CT molecular complexity index is 609. The molecule has 1 aliphatic heterocycles. The Morgan fingerprint density at radius 1 is 1.04 bits per heavy atom. The largest absolute Gasteiger partial charge is 0.481 e. The fourth-order valence-electron chi connectivity index (χ4n) is 2.79. The second kappa shape index (κ2) is 8.74. The van der Waals surface area contributed by atoms with Crippen molar-refractivity contribution in [2.24, 2.45) is 0 Å². The Hall–Kier alpha value is -2.24. The minimum atomic E-state index is -0.503. The number of hydrogen-bond acceptors (Lipinski definition) is 4. The lowest BCUT2D eigenvalue weighted by atomic mass is 10.1. The Morgan fingerprint density at radius 3 is 2.24 bits per heavy atom. The van der Waals surface area contributed by atoms with Gasteiger partial charge < -0.3 is 19.3 Å². The molecule has 1 fully saturated rings. The molecule has 0 saturated carbocycles. The molecule has 6 heteroatoms. The van der Waals surface area contributed by atoms with Gasteiger partial charge in [0.1, 0.15) is 5.75 Å². The number of carbonyl (C=O) groups is 2. The smallest absolute Gasteiger partial charge is 0.409 e. The van der Waals surface area contributed by atoms with Gasteiger partial charge in [0.15, 0.2) is 6.10 Å². The summed E-state index contributed by atoms with van der Waals surface area (Å²) in [7, 11) is 0. The first-order valence-electron chi connectivity index (χ1n) is 8.90. The maximum Gasteiger partial charge on any atom is 0.409 e. The Labute approximate surface area is 149 Å². The molecule has 6 nitrogen and oxygen atoms in total. The third-order valence-corrected chi connectivity index (χ3v) is 4.52. The zero-order chi connectivity index (χ0) is 18.4. The highest BCUT2D eigenvalue weighted by Crippen LogP contribution is 2.19. The van der Waals surface area contributed by atoms with Crippen LogP contribution in [-0.2, 0) is 9.53 Å². The summed E-state index contributed by atoms with van der Waals surface area (Å²) in [5, 5.41) is 0. The van der Waals surface area contributed by atoms with Crippen molar-refractivity contribution in [1.29, 1.82) is 0 Å². The molecule has 1 aromatic carbocycles. The lowest BCUT2D eigenvalue weighted by Gasteiger charge is -2.35. The van der Waals surface area contributed by atoms with E-state index >= 15 is 0 Å². The average Bonchev–Trinajstić information content (AvgIpc) is 2.62. The molecule has 0 radical (unpaired) electrons. The van der Waals surface area contributed by atoms with E-state index in [1.54, 1.807) is 16.7 Å². The predicted octanol–water partition coefficient (Wildman–Crippen LogP) is 2.76. The molecule has 0 spiro atoms. The summed E-state index contributed by atoms with van der Waals surface area (Å²) in [4.78, 5) is 27.9. The van der Waals surface area contributed by atoms with Crippen molar-refractivity contribution >= 4 is 12.0 Å². The normalized spacial score (nSPS) is 15.7. The van der Waals surface area contributed by atoms with Gasteiger partial charge in [-0.05, 0) is 50.5 Å². The molecule has 1 saturated heterocycles. The van der Waals surface area contributed by atoms with Crippen LogP contribution in [0.2, 0.25) is 0 Å². The molecule has 1 atom stereocenters. The van der Waals surface area contributed by atoms with Gasteiger partial charge >= 0.3 is 6.09 Å². The van der Waals surface area contributed by atoms with E-state index in [-0.39, 0.29) is 12.0 Å². The van der Waals surface area contributed by atoms with Gasteiger partial charge in [0.25, 0.3) is 5.91 Å². The van der Waals surface area contributed by atoms with Gasteiger partial charge in [-0.2, -0.15) is 0 Å². The van der Waals surface area contributed by atoms with E-state index in [1.807, 2.05) is 39.0 Å². The number of rotatable bonds is 5. The zero-order valence-electron chi connectivity index (χ0n) is 15.6. The Morgan fingerprint density at radius 2 is 1.68 bits per heavy atom. The van der Waals surface area contributed by atoms with Crippen LogP contribution in [0.5, 0.6) is 5.75 Å². The summed E-state index contributed by atoms with van der Waals surface area (Å²) in [6.07, 6.45) is -0.214. The number of ether oxygens (including phenoxy) is 2. The molecule has 0 N–H and O–H groups in total. The molecular formula is C19H28N2O4. The maximum atomic E-state index is 12.8. The molecular weight excluding hydrogens is 320 g/mol. The Balaban J connectivity index is 1.94. The molecule has 138 valence electrons. The molecule has 1 aliphatic rings. The molecule has 2 rings (SSSR count). The molecule has 0 aromatic heterocycles. The first kappa shape index (κ1) is 19.1. The lowest BCUT2D eigenvalue weighted by molar-refractivity contribution is -0.140. The third kappa shape index (κ3) is 4.87. The zero-order valence-corrected chi connectivity index (χ0v) is 15.6. The van der Waals surface area contributed by atoms with Crippen LogP contribution in [0.15, 0.2) is 18.2 Å². The van der Waals surface area contributed by atoms with Crippen LogP contribution in [0.3, 0.4) is 0 Å². The standard InChI is InChI=1S/C19H28N2O4/c1-5-17(25-16-8-7-14(3)15(4)13-16)18(22)20-9-11-21(12-10-20)19(23)24-6-2/h7-8,13,17H,5-6,9-12H2,1-4H3. The van der Waals surface area contributed by atoms with Crippen molar-refractivity contribution in [3.8, 4) is 5.75 Å².